The summed E-state index contributed by atoms with van der Waals surface area (Å²) in [4.78, 5) is 0.170. The van der Waals surface area contributed by atoms with Crippen molar-refractivity contribution in [2.45, 2.75) is 11.3 Å². The summed E-state index contributed by atoms with van der Waals surface area (Å²) in [5.41, 5.74) is 0.349. The van der Waals surface area contributed by atoms with Crippen molar-refractivity contribution in [3.63, 3.8) is 0 Å². The van der Waals surface area contributed by atoms with E-state index >= 15 is 0 Å². The monoisotopic (exact) mass is 266 g/mol. The Labute approximate surface area is 107 Å². The molecule has 0 spiro atoms. The first kappa shape index (κ1) is 13.0. The van der Waals surface area contributed by atoms with Crippen LogP contribution in [-0.4, -0.2) is 39.0 Å². The third-order valence-electron chi connectivity index (χ3n) is 2.78. The Morgan fingerprint density at radius 3 is 2.89 bits per heavy atom. The van der Waals surface area contributed by atoms with Gasteiger partial charge in [0.15, 0.2) is 0 Å². The molecule has 0 radical (unpaired) electrons. The van der Waals surface area contributed by atoms with Crippen LogP contribution in [0.2, 0.25) is 0 Å². The SMILES string of the molecule is N#Cc1cccc(S(=O)(=O)N2CCCOCC2)c1. The quantitative estimate of drug-likeness (QED) is 0.799. The molecule has 1 saturated heterocycles. The summed E-state index contributed by atoms with van der Waals surface area (Å²) in [5.74, 6) is 0. The summed E-state index contributed by atoms with van der Waals surface area (Å²) in [6, 6.07) is 8.04. The third-order valence-corrected chi connectivity index (χ3v) is 4.68. The highest BCUT2D eigenvalue weighted by atomic mass is 32.2. The fraction of sp³-hybridized carbons (Fsp3) is 0.417. The lowest BCUT2D eigenvalue weighted by Crippen LogP contribution is -2.33. The maximum absolute atomic E-state index is 12.4. The normalized spacial score (nSPS) is 17.9. The Morgan fingerprint density at radius 1 is 1.28 bits per heavy atom. The van der Waals surface area contributed by atoms with E-state index in [2.05, 4.69) is 0 Å². The highest BCUT2D eigenvalue weighted by molar-refractivity contribution is 7.89. The fourth-order valence-electron chi connectivity index (χ4n) is 1.84. The van der Waals surface area contributed by atoms with E-state index in [1.165, 1.54) is 16.4 Å². The van der Waals surface area contributed by atoms with Gasteiger partial charge < -0.3 is 4.74 Å². The Morgan fingerprint density at radius 2 is 2.11 bits per heavy atom. The molecular formula is C12H14N2O3S. The summed E-state index contributed by atoms with van der Waals surface area (Å²) in [5, 5.41) is 8.80. The largest absolute Gasteiger partial charge is 0.380 e. The first-order chi connectivity index (χ1) is 8.64. The molecule has 1 aliphatic heterocycles. The van der Waals surface area contributed by atoms with Gasteiger partial charge >= 0.3 is 0 Å². The number of ether oxygens (including phenoxy) is 1. The maximum Gasteiger partial charge on any atom is 0.243 e. The molecule has 0 N–H and O–H groups in total. The van der Waals surface area contributed by atoms with Crippen LogP contribution in [0.4, 0.5) is 0 Å². The molecule has 0 saturated carbocycles. The summed E-state index contributed by atoms with van der Waals surface area (Å²) >= 11 is 0. The number of nitriles is 1. The Balaban J connectivity index is 2.31. The molecule has 18 heavy (non-hydrogen) atoms. The highest BCUT2D eigenvalue weighted by Crippen LogP contribution is 2.18. The fourth-order valence-corrected chi connectivity index (χ4v) is 3.35. The maximum atomic E-state index is 12.4. The van der Waals surface area contributed by atoms with Crippen LogP contribution in [0.5, 0.6) is 0 Å². The lowest BCUT2D eigenvalue weighted by molar-refractivity contribution is 0.148. The molecule has 6 heteroatoms. The smallest absolute Gasteiger partial charge is 0.243 e. The first-order valence-electron chi connectivity index (χ1n) is 5.72. The second-order valence-electron chi connectivity index (χ2n) is 4.01. The Bertz CT molecular complexity index is 555. The van der Waals surface area contributed by atoms with Crippen molar-refractivity contribution >= 4 is 10.0 Å². The minimum Gasteiger partial charge on any atom is -0.380 e. The zero-order valence-corrected chi connectivity index (χ0v) is 10.7. The van der Waals surface area contributed by atoms with Crippen molar-refractivity contribution in [2.24, 2.45) is 0 Å². The molecule has 1 heterocycles. The van der Waals surface area contributed by atoms with Crippen LogP contribution in [0.3, 0.4) is 0 Å². The van der Waals surface area contributed by atoms with Gasteiger partial charge in [0.2, 0.25) is 10.0 Å². The van der Waals surface area contributed by atoms with E-state index in [4.69, 9.17) is 10.00 Å². The molecule has 1 fully saturated rings. The van der Waals surface area contributed by atoms with E-state index in [9.17, 15) is 8.42 Å². The van der Waals surface area contributed by atoms with Crippen LogP contribution in [0, 0.1) is 11.3 Å². The number of hydrogen-bond acceptors (Lipinski definition) is 4. The van der Waals surface area contributed by atoms with Crippen molar-refractivity contribution in [3.05, 3.63) is 29.8 Å². The molecule has 0 aliphatic carbocycles. The zero-order chi connectivity index (χ0) is 13.0. The zero-order valence-electron chi connectivity index (χ0n) is 9.87. The van der Waals surface area contributed by atoms with Gasteiger partial charge in [-0.2, -0.15) is 9.57 Å². The molecule has 0 atom stereocenters. The van der Waals surface area contributed by atoms with Crippen LogP contribution >= 0.6 is 0 Å². The second kappa shape index (κ2) is 5.48. The summed E-state index contributed by atoms with van der Waals surface area (Å²) < 4.78 is 31.4. The van der Waals surface area contributed by atoms with E-state index < -0.39 is 10.0 Å². The van der Waals surface area contributed by atoms with Gasteiger partial charge in [-0.15, -0.1) is 0 Å². The van der Waals surface area contributed by atoms with Gasteiger partial charge in [0.05, 0.1) is 23.1 Å². The van der Waals surface area contributed by atoms with Crippen LogP contribution in [0.15, 0.2) is 29.2 Å². The van der Waals surface area contributed by atoms with Crippen molar-refractivity contribution < 1.29 is 13.2 Å². The van der Waals surface area contributed by atoms with Gasteiger partial charge in [-0.05, 0) is 24.6 Å². The summed E-state index contributed by atoms with van der Waals surface area (Å²) in [6.45, 7) is 1.82. The minimum absolute atomic E-state index is 0.170. The lowest BCUT2D eigenvalue weighted by atomic mass is 10.2. The number of sulfonamides is 1. The van der Waals surface area contributed by atoms with Gasteiger partial charge in [-0.25, -0.2) is 8.42 Å². The van der Waals surface area contributed by atoms with Crippen molar-refractivity contribution in [1.29, 1.82) is 5.26 Å². The number of nitrogens with zero attached hydrogens (tertiary/aromatic N) is 2. The summed E-state index contributed by atoms with van der Waals surface area (Å²) in [7, 11) is -3.52. The molecule has 0 amide bonds. The highest BCUT2D eigenvalue weighted by Gasteiger charge is 2.25. The van der Waals surface area contributed by atoms with E-state index in [0.717, 1.165) is 0 Å². The molecule has 0 unspecified atom stereocenters. The van der Waals surface area contributed by atoms with Crippen molar-refractivity contribution in [2.75, 3.05) is 26.3 Å². The van der Waals surface area contributed by atoms with Crippen LogP contribution < -0.4 is 0 Å². The minimum atomic E-state index is -3.52. The molecule has 0 aromatic heterocycles. The Kier molecular flexibility index (Phi) is 3.97. The Hall–Kier alpha value is -1.42. The number of hydrogen-bond donors (Lipinski definition) is 0. The van der Waals surface area contributed by atoms with Gasteiger partial charge in [0.1, 0.15) is 0 Å². The average Bonchev–Trinajstić information content (AvgIpc) is 2.68. The van der Waals surface area contributed by atoms with E-state index in [1.807, 2.05) is 6.07 Å². The molecule has 1 aliphatic rings. The van der Waals surface area contributed by atoms with Crippen LogP contribution in [0.1, 0.15) is 12.0 Å². The topological polar surface area (TPSA) is 70.4 Å². The van der Waals surface area contributed by atoms with Gasteiger partial charge in [-0.3, -0.25) is 0 Å². The van der Waals surface area contributed by atoms with E-state index in [-0.39, 0.29) is 4.90 Å². The van der Waals surface area contributed by atoms with Gasteiger partial charge in [0, 0.05) is 19.7 Å². The predicted molar refractivity (Wildman–Crippen MR) is 65.4 cm³/mol. The molecular weight excluding hydrogens is 252 g/mol. The molecule has 0 bridgehead atoms. The first-order valence-corrected chi connectivity index (χ1v) is 7.16. The molecule has 2 rings (SSSR count). The van der Waals surface area contributed by atoms with Crippen molar-refractivity contribution in [1.82, 2.24) is 4.31 Å². The van der Waals surface area contributed by atoms with Crippen LogP contribution in [-0.2, 0) is 14.8 Å². The molecule has 5 nitrogen and oxygen atoms in total. The number of benzene rings is 1. The second-order valence-corrected chi connectivity index (χ2v) is 5.95. The van der Waals surface area contributed by atoms with Gasteiger partial charge in [0.25, 0.3) is 0 Å². The molecule has 1 aromatic carbocycles. The lowest BCUT2D eigenvalue weighted by Gasteiger charge is -2.19. The predicted octanol–water partition coefficient (Wildman–Crippen LogP) is 0.969. The van der Waals surface area contributed by atoms with E-state index in [1.54, 1.807) is 12.1 Å². The summed E-state index contributed by atoms with van der Waals surface area (Å²) in [6.07, 6.45) is 0.692. The van der Waals surface area contributed by atoms with Crippen molar-refractivity contribution in [3.8, 4) is 6.07 Å². The van der Waals surface area contributed by atoms with Gasteiger partial charge in [-0.1, -0.05) is 6.07 Å². The average molecular weight is 266 g/mol. The molecule has 1 aromatic rings. The molecule has 96 valence electrons. The standard InChI is InChI=1S/C12H14N2O3S/c13-10-11-3-1-4-12(9-11)18(15,16)14-5-2-7-17-8-6-14/h1,3-4,9H,2,5-8H2. The third kappa shape index (κ3) is 2.70. The van der Waals surface area contributed by atoms with Crippen LogP contribution in [0.25, 0.3) is 0 Å². The van der Waals surface area contributed by atoms with E-state index in [0.29, 0.717) is 38.3 Å². The number of rotatable bonds is 2.